The molecule has 1 aliphatic rings. The van der Waals surface area contributed by atoms with E-state index in [1.54, 1.807) is 0 Å². The molecule has 6 nitrogen and oxygen atoms in total. The van der Waals surface area contributed by atoms with Crippen molar-refractivity contribution in [2.75, 3.05) is 27.0 Å². The lowest BCUT2D eigenvalue weighted by molar-refractivity contribution is 0.174. The minimum atomic E-state index is 0.133. The number of aliphatic hydroxyl groups is 1. The summed E-state index contributed by atoms with van der Waals surface area (Å²) in [5.41, 5.74) is 4.24. The Kier molecular flexibility index (Phi) is 5.09. The molecule has 140 valence electrons. The van der Waals surface area contributed by atoms with Crippen molar-refractivity contribution in [1.82, 2.24) is 14.7 Å². The molecule has 0 fully saturated rings. The monoisotopic (exact) mass is 365 g/mol. The highest BCUT2D eigenvalue weighted by Crippen LogP contribution is 2.36. The van der Waals surface area contributed by atoms with E-state index in [0.717, 1.165) is 28.3 Å². The van der Waals surface area contributed by atoms with Crippen molar-refractivity contribution in [3.05, 3.63) is 65.9 Å². The van der Waals surface area contributed by atoms with Crippen LogP contribution in [0.25, 0.3) is 11.3 Å². The van der Waals surface area contributed by atoms with E-state index in [2.05, 4.69) is 23.2 Å². The molecule has 2 aromatic carbocycles. The highest BCUT2D eigenvalue weighted by Gasteiger charge is 2.18. The molecule has 0 unspecified atom stereocenters. The lowest BCUT2D eigenvalue weighted by Gasteiger charge is -2.14. The molecule has 1 aliphatic heterocycles. The summed E-state index contributed by atoms with van der Waals surface area (Å²) < 4.78 is 12.9. The molecule has 0 radical (unpaired) electrons. The average molecular weight is 365 g/mol. The van der Waals surface area contributed by atoms with Gasteiger partial charge >= 0.3 is 0 Å². The van der Waals surface area contributed by atoms with Gasteiger partial charge in [-0.2, -0.15) is 5.10 Å². The number of hydrogen-bond donors (Lipinski definition) is 1. The van der Waals surface area contributed by atoms with Crippen LogP contribution in [0.1, 0.15) is 11.1 Å². The predicted octanol–water partition coefficient (Wildman–Crippen LogP) is 2.75. The fraction of sp³-hybridized carbons (Fsp3) is 0.286. The molecule has 0 bridgehead atoms. The number of aliphatic hydroxyl groups excluding tert-OH is 1. The van der Waals surface area contributed by atoms with Crippen LogP contribution in [0.4, 0.5) is 0 Å². The molecule has 1 aromatic heterocycles. The summed E-state index contributed by atoms with van der Waals surface area (Å²) in [7, 11) is 1.99. The van der Waals surface area contributed by atoms with Gasteiger partial charge in [0.1, 0.15) is 0 Å². The van der Waals surface area contributed by atoms with Gasteiger partial charge in [0.2, 0.25) is 6.79 Å². The SMILES string of the molecule is CN(CCO)Cc1cn(Cc2ccccc2)nc1-c1ccc2c(c1)OCO2. The van der Waals surface area contributed by atoms with Gasteiger partial charge in [0.25, 0.3) is 0 Å². The number of nitrogens with zero attached hydrogens (tertiary/aromatic N) is 3. The average Bonchev–Trinajstić information content (AvgIpc) is 3.29. The number of rotatable bonds is 7. The minimum absolute atomic E-state index is 0.133. The van der Waals surface area contributed by atoms with Crippen molar-refractivity contribution in [1.29, 1.82) is 0 Å². The summed E-state index contributed by atoms with van der Waals surface area (Å²) in [6, 6.07) is 16.2. The third kappa shape index (κ3) is 3.97. The van der Waals surface area contributed by atoms with Gasteiger partial charge in [0, 0.05) is 30.4 Å². The van der Waals surface area contributed by atoms with E-state index in [4.69, 9.17) is 14.6 Å². The zero-order valence-electron chi connectivity index (χ0n) is 15.3. The van der Waals surface area contributed by atoms with Crippen LogP contribution in [-0.2, 0) is 13.1 Å². The number of benzene rings is 2. The molecule has 0 saturated heterocycles. The van der Waals surface area contributed by atoms with Gasteiger partial charge in [-0.1, -0.05) is 30.3 Å². The van der Waals surface area contributed by atoms with Crippen LogP contribution in [0.3, 0.4) is 0 Å². The highest BCUT2D eigenvalue weighted by molar-refractivity contribution is 5.67. The molecule has 0 atom stereocenters. The number of aromatic nitrogens is 2. The molecule has 1 N–H and O–H groups in total. The third-order valence-electron chi connectivity index (χ3n) is 4.59. The van der Waals surface area contributed by atoms with Crippen LogP contribution in [0.15, 0.2) is 54.7 Å². The van der Waals surface area contributed by atoms with Gasteiger partial charge in [-0.05, 0) is 30.8 Å². The Morgan fingerprint density at radius 2 is 1.93 bits per heavy atom. The van der Waals surface area contributed by atoms with Crippen LogP contribution in [0.2, 0.25) is 0 Å². The standard InChI is InChI=1S/C21H23N3O3/c1-23(9-10-25)13-18-14-24(12-16-5-3-2-4-6-16)22-21(18)17-7-8-19-20(11-17)27-15-26-19/h2-8,11,14,25H,9-10,12-13,15H2,1H3. The smallest absolute Gasteiger partial charge is 0.231 e. The summed E-state index contributed by atoms with van der Waals surface area (Å²) in [5, 5.41) is 14.1. The van der Waals surface area contributed by atoms with E-state index in [1.165, 1.54) is 5.56 Å². The molecule has 6 heteroatoms. The molecular weight excluding hydrogens is 342 g/mol. The molecular formula is C21H23N3O3. The Hall–Kier alpha value is -2.83. The number of fused-ring (bicyclic) bond motifs is 1. The second-order valence-corrected chi connectivity index (χ2v) is 6.72. The fourth-order valence-corrected chi connectivity index (χ4v) is 3.26. The van der Waals surface area contributed by atoms with Gasteiger partial charge in [0.15, 0.2) is 11.5 Å². The van der Waals surface area contributed by atoms with Crippen molar-refractivity contribution in [2.45, 2.75) is 13.1 Å². The maximum Gasteiger partial charge on any atom is 0.231 e. The van der Waals surface area contributed by atoms with Gasteiger partial charge in [0.05, 0.1) is 18.8 Å². The molecule has 2 heterocycles. The summed E-state index contributed by atoms with van der Waals surface area (Å²) in [4.78, 5) is 2.08. The summed E-state index contributed by atoms with van der Waals surface area (Å²) in [5.74, 6) is 1.51. The lowest BCUT2D eigenvalue weighted by Crippen LogP contribution is -2.21. The normalized spacial score (nSPS) is 12.7. The van der Waals surface area contributed by atoms with E-state index in [1.807, 2.05) is 48.1 Å². The van der Waals surface area contributed by atoms with Crippen LogP contribution >= 0.6 is 0 Å². The minimum Gasteiger partial charge on any atom is -0.454 e. The fourth-order valence-electron chi connectivity index (χ4n) is 3.26. The summed E-state index contributed by atoms with van der Waals surface area (Å²) >= 11 is 0. The zero-order valence-corrected chi connectivity index (χ0v) is 15.3. The Morgan fingerprint density at radius 3 is 2.74 bits per heavy atom. The maximum absolute atomic E-state index is 9.21. The molecule has 27 heavy (non-hydrogen) atoms. The Balaban J connectivity index is 1.67. The first-order valence-electron chi connectivity index (χ1n) is 9.02. The quantitative estimate of drug-likeness (QED) is 0.698. The Labute approximate surface area is 158 Å². The third-order valence-corrected chi connectivity index (χ3v) is 4.59. The van der Waals surface area contributed by atoms with Crippen molar-refractivity contribution >= 4 is 0 Å². The molecule has 3 aromatic rings. The molecule has 0 spiro atoms. The Bertz CT molecular complexity index is 908. The van der Waals surface area contributed by atoms with E-state index >= 15 is 0 Å². The zero-order chi connectivity index (χ0) is 18.6. The topological polar surface area (TPSA) is 59.8 Å². The van der Waals surface area contributed by atoms with Crippen LogP contribution in [-0.4, -0.2) is 46.8 Å². The molecule has 4 rings (SSSR count). The molecule has 0 saturated carbocycles. The first-order chi connectivity index (χ1) is 13.2. The van der Waals surface area contributed by atoms with Crippen molar-refractivity contribution in [2.24, 2.45) is 0 Å². The summed E-state index contributed by atoms with van der Waals surface area (Å²) in [6.45, 7) is 2.42. The van der Waals surface area contributed by atoms with Crippen LogP contribution < -0.4 is 9.47 Å². The first-order valence-corrected chi connectivity index (χ1v) is 9.02. The highest BCUT2D eigenvalue weighted by atomic mass is 16.7. The van der Waals surface area contributed by atoms with Crippen molar-refractivity contribution < 1.29 is 14.6 Å². The van der Waals surface area contributed by atoms with Crippen LogP contribution in [0, 0.1) is 0 Å². The van der Waals surface area contributed by atoms with E-state index in [9.17, 15) is 5.11 Å². The van der Waals surface area contributed by atoms with Crippen molar-refractivity contribution in [3.8, 4) is 22.8 Å². The Morgan fingerprint density at radius 1 is 1.11 bits per heavy atom. The maximum atomic E-state index is 9.21. The number of ether oxygens (including phenoxy) is 2. The van der Waals surface area contributed by atoms with Crippen LogP contribution in [0.5, 0.6) is 11.5 Å². The largest absolute Gasteiger partial charge is 0.454 e. The second-order valence-electron chi connectivity index (χ2n) is 6.72. The van der Waals surface area contributed by atoms with Gasteiger partial charge in [-0.15, -0.1) is 0 Å². The molecule has 0 aliphatic carbocycles. The summed E-state index contributed by atoms with van der Waals surface area (Å²) in [6.07, 6.45) is 2.08. The van der Waals surface area contributed by atoms with E-state index in [-0.39, 0.29) is 13.4 Å². The van der Waals surface area contributed by atoms with E-state index < -0.39 is 0 Å². The van der Waals surface area contributed by atoms with Gasteiger partial charge in [-0.25, -0.2) is 0 Å². The van der Waals surface area contributed by atoms with E-state index in [0.29, 0.717) is 19.6 Å². The second kappa shape index (κ2) is 7.82. The predicted molar refractivity (Wildman–Crippen MR) is 103 cm³/mol. The van der Waals surface area contributed by atoms with Crippen molar-refractivity contribution in [3.63, 3.8) is 0 Å². The lowest BCUT2D eigenvalue weighted by atomic mass is 10.1. The molecule has 0 amide bonds. The first kappa shape index (κ1) is 17.6. The van der Waals surface area contributed by atoms with Gasteiger partial charge in [-0.3, -0.25) is 9.58 Å². The number of likely N-dealkylation sites (N-methyl/N-ethyl adjacent to an activating group) is 1. The number of hydrogen-bond acceptors (Lipinski definition) is 5. The van der Waals surface area contributed by atoms with Gasteiger partial charge < -0.3 is 14.6 Å².